The van der Waals surface area contributed by atoms with Crippen molar-refractivity contribution in [1.29, 1.82) is 0 Å². The highest BCUT2D eigenvalue weighted by atomic mass is 16.3. The van der Waals surface area contributed by atoms with Crippen LogP contribution in [0.25, 0.3) is 32.9 Å². The summed E-state index contributed by atoms with van der Waals surface area (Å²) in [4.78, 5) is 8.17. The van der Waals surface area contributed by atoms with Gasteiger partial charge in [-0.2, -0.15) is 5.10 Å². The molecule has 0 fully saturated rings. The van der Waals surface area contributed by atoms with Crippen molar-refractivity contribution in [3.05, 3.63) is 73.4 Å². The number of hydrogen-bond acceptors (Lipinski definition) is 5. The quantitative estimate of drug-likeness (QED) is 0.432. The SMILES string of the molecule is c1ccc2ocnc2c1.c1cnnc2c(c1)ccc1nccc12. The van der Waals surface area contributed by atoms with Crippen molar-refractivity contribution < 1.29 is 4.42 Å². The molecule has 0 bridgehead atoms. The molecular formula is C18H12N4O. The molecule has 3 aromatic heterocycles. The van der Waals surface area contributed by atoms with Crippen molar-refractivity contribution in [2.24, 2.45) is 0 Å². The zero-order valence-electron chi connectivity index (χ0n) is 12.1. The minimum atomic E-state index is 0.845. The summed E-state index contributed by atoms with van der Waals surface area (Å²) in [5.41, 5.74) is 3.64. The maximum absolute atomic E-state index is 5.01. The number of oxazole rings is 1. The van der Waals surface area contributed by atoms with Crippen LogP contribution in [0.1, 0.15) is 0 Å². The van der Waals surface area contributed by atoms with Gasteiger partial charge in [-0.3, -0.25) is 4.98 Å². The van der Waals surface area contributed by atoms with Crippen molar-refractivity contribution >= 4 is 32.9 Å². The van der Waals surface area contributed by atoms with Crippen LogP contribution in [0.2, 0.25) is 0 Å². The van der Waals surface area contributed by atoms with Crippen LogP contribution >= 0.6 is 0 Å². The van der Waals surface area contributed by atoms with Crippen molar-refractivity contribution in [2.75, 3.05) is 0 Å². The summed E-state index contributed by atoms with van der Waals surface area (Å²) in [5, 5.41) is 10.2. The van der Waals surface area contributed by atoms with Crippen LogP contribution in [-0.2, 0) is 0 Å². The molecule has 2 aromatic carbocycles. The molecule has 5 heteroatoms. The summed E-state index contributed by atoms with van der Waals surface area (Å²) in [6.07, 6.45) is 4.92. The third kappa shape index (κ3) is 2.60. The van der Waals surface area contributed by atoms with Gasteiger partial charge in [-0.15, -0.1) is 5.10 Å². The van der Waals surface area contributed by atoms with E-state index in [9.17, 15) is 0 Å². The Hall–Kier alpha value is -3.34. The Morgan fingerprint density at radius 1 is 0.739 bits per heavy atom. The third-order valence-electron chi connectivity index (χ3n) is 3.50. The number of para-hydroxylation sites is 2. The number of aromatic nitrogens is 4. The first-order valence-corrected chi connectivity index (χ1v) is 7.15. The fourth-order valence-electron chi connectivity index (χ4n) is 2.41. The lowest BCUT2D eigenvalue weighted by atomic mass is 10.2. The van der Waals surface area contributed by atoms with Gasteiger partial charge >= 0.3 is 0 Å². The van der Waals surface area contributed by atoms with Gasteiger partial charge in [0.1, 0.15) is 11.0 Å². The van der Waals surface area contributed by atoms with Crippen molar-refractivity contribution in [2.45, 2.75) is 0 Å². The lowest BCUT2D eigenvalue weighted by Crippen LogP contribution is -1.76. The molecule has 5 aromatic rings. The smallest absolute Gasteiger partial charge is 0.181 e. The molecule has 0 saturated carbocycles. The predicted octanol–water partition coefficient (Wildman–Crippen LogP) is 4.01. The molecule has 5 rings (SSSR count). The second-order valence-electron chi connectivity index (χ2n) is 4.92. The molecule has 0 aliphatic carbocycles. The molecule has 0 unspecified atom stereocenters. The number of fused-ring (bicyclic) bond motifs is 4. The number of benzene rings is 2. The third-order valence-corrected chi connectivity index (χ3v) is 3.50. The Bertz CT molecular complexity index is 1060. The van der Waals surface area contributed by atoms with E-state index in [2.05, 4.69) is 20.2 Å². The summed E-state index contributed by atoms with van der Waals surface area (Å²) in [5.74, 6) is 0. The van der Waals surface area contributed by atoms with Crippen molar-refractivity contribution in [3.8, 4) is 0 Å². The standard InChI is InChI=1S/C11H7N3.C7H5NO/c1-2-8-3-4-10-9(5-7-12-10)11(8)14-13-6-1;1-2-4-7-6(3-1)8-5-9-7/h1-7H;1-5H. The van der Waals surface area contributed by atoms with E-state index >= 15 is 0 Å². The minimum absolute atomic E-state index is 0.845. The molecule has 0 radical (unpaired) electrons. The maximum atomic E-state index is 5.01. The second-order valence-corrected chi connectivity index (χ2v) is 4.92. The molecule has 0 aliphatic rings. The highest BCUT2D eigenvalue weighted by Gasteiger charge is 2.01. The van der Waals surface area contributed by atoms with E-state index in [4.69, 9.17) is 4.42 Å². The molecule has 0 aliphatic heterocycles. The van der Waals surface area contributed by atoms with E-state index in [1.807, 2.05) is 54.6 Å². The monoisotopic (exact) mass is 300 g/mol. The Kier molecular flexibility index (Phi) is 3.37. The van der Waals surface area contributed by atoms with Gasteiger partial charge in [-0.25, -0.2) is 4.98 Å². The molecule has 110 valence electrons. The van der Waals surface area contributed by atoms with E-state index in [0.29, 0.717) is 0 Å². The van der Waals surface area contributed by atoms with Gasteiger partial charge in [0.15, 0.2) is 12.0 Å². The van der Waals surface area contributed by atoms with Gasteiger partial charge in [0.25, 0.3) is 0 Å². The molecule has 0 spiro atoms. The van der Waals surface area contributed by atoms with Crippen LogP contribution in [0.3, 0.4) is 0 Å². The van der Waals surface area contributed by atoms with Crippen LogP contribution in [0, 0.1) is 0 Å². The Balaban J connectivity index is 0.000000130. The molecular weight excluding hydrogens is 288 g/mol. The van der Waals surface area contributed by atoms with E-state index in [1.165, 1.54) is 6.39 Å². The van der Waals surface area contributed by atoms with Crippen molar-refractivity contribution in [3.63, 3.8) is 0 Å². The highest BCUT2D eigenvalue weighted by molar-refractivity contribution is 6.03. The van der Waals surface area contributed by atoms with E-state index in [1.54, 1.807) is 12.4 Å². The fourth-order valence-corrected chi connectivity index (χ4v) is 2.41. The molecule has 0 N–H and O–H groups in total. The van der Waals surface area contributed by atoms with Crippen molar-refractivity contribution in [1.82, 2.24) is 20.2 Å². The largest absolute Gasteiger partial charge is 0.443 e. The summed E-state index contributed by atoms with van der Waals surface area (Å²) < 4.78 is 5.01. The molecule has 3 heterocycles. The van der Waals surface area contributed by atoms with Crippen LogP contribution < -0.4 is 0 Å². The summed E-state index contributed by atoms with van der Waals surface area (Å²) in [6.45, 7) is 0. The topological polar surface area (TPSA) is 64.7 Å². The van der Waals surface area contributed by atoms with Crippen LogP contribution in [-0.4, -0.2) is 20.2 Å². The van der Waals surface area contributed by atoms with E-state index in [-0.39, 0.29) is 0 Å². The molecule has 0 amide bonds. The van der Waals surface area contributed by atoms with E-state index < -0.39 is 0 Å². The zero-order chi connectivity index (χ0) is 15.5. The molecule has 0 saturated heterocycles. The second kappa shape index (κ2) is 5.81. The zero-order valence-corrected chi connectivity index (χ0v) is 12.1. The lowest BCUT2D eigenvalue weighted by Gasteiger charge is -1.91. The fraction of sp³-hybridized carbons (Fsp3) is 0. The summed E-state index contributed by atoms with van der Waals surface area (Å²) >= 11 is 0. The lowest BCUT2D eigenvalue weighted by molar-refractivity contribution is 0.602. The minimum Gasteiger partial charge on any atom is -0.443 e. The van der Waals surface area contributed by atoms with Crippen LogP contribution in [0.5, 0.6) is 0 Å². The maximum Gasteiger partial charge on any atom is 0.181 e. The normalized spacial score (nSPS) is 10.6. The number of rotatable bonds is 0. The van der Waals surface area contributed by atoms with Gasteiger partial charge in [0, 0.05) is 23.2 Å². The first kappa shape index (κ1) is 13.3. The summed E-state index contributed by atoms with van der Waals surface area (Å²) in [6, 6.07) is 17.5. The average Bonchev–Trinajstić information content (AvgIpc) is 3.19. The average molecular weight is 300 g/mol. The number of nitrogens with zero attached hydrogens (tertiary/aromatic N) is 4. The Morgan fingerprint density at radius 2 is 1.70 bits per heavy atom. The Labute approximate surface area is 131 Å². The van der Waals surface area contributed by atoms with Gasteiger partial charge in [0.05, 0.1) is 5.52 Å². The highest BCUT2D eigenvalue weighted by Crippen LogP contribution is 2.20. The molecule has 5 nitrogen and oxygen atoms in total. The van der Waals surface area contributed by atoms with Crippen LogP contribution in [0.4, 0.5) is 0 Å². The Morgan fingerprint density at radius 3 is 2.65 bits per heavy atom. The molecule has 23 heavy (non-hydrogen) atoms. The van der Waals surface area contributed by atoms with Gasteiger partial charge in [-0.1, -0.05) is 24.3 Å². The summed E-state index contributed by atoms with van der Waals surface area (Å²) in [7, 11) is 0. The molecule has 0 atom stereocenters. The van der Waals surface area contributed by atoms with E-state index in [0.717, 1.165) is 32.9 Å². The van der Waals surface area contributed by atoms with Gasteiger partial charge < -0.3 is 4.42 Å². The predicted molar refractivity (Wildman–Crippen MR) is 88.8 cm³/mol. The first-order valence-electron chi connectivity index (χ1n) is 7.15. The van der Waals surface area contributed by atoms with Crippen LogP contribution in [0.15, 0.2) is 77.8 Å². The van der Waals surface area contributed by atoms with Gasteiger partial charge in [0.2, 0.25) is 0 Å². The van der Waals surface area contributed by atoms with Gasteiger partial charge in [-0.05, 0) is 30.3 Å². The number of hydrogen-bond donors (Lipinski definition) is 0. The first-order chi connectivity index (χ1) is 11.4.